The monoisotopic (exact) mass is 231 g/mol. The normalized spacial score (nSPS) is 16.2. The highest BCUT2D eigenvalue weighted by Gasteiger charge is 2.37. The summed E-state index contributed by atoms with van der Waals surface area (Å²) in [6.45, 7) is 4.13. The number of rotatable bonds is 4. The summed E-state index contributed by atoms with van der Waals surface area (Å²) in [5.74, 6) is -0.751. The number of para-hydroxylation sites is 1. The Balaban J connectivity index is 2.29. The van der Waals surface area contributed by atoms with Gasteiger partial charge in [0.25, 0.3) is 11.7 Å². The van der Waals surface area contributed by atoms with Crippen LogP contribution in [0, 0.1) is 0 Å². The first-order valence-corrected chi connectivity index (χ1v) is 6.13. The summed E-state index contributed by atoms with van der Waals surface area (Å²) in [5, 5.41) is 0. The third kappa shape index (κ3) is 1.97. The van der Waals surface area contributed by atoms with Gasteiger partial charge in [-0.25, -0.2) is 0 Å². The molecule has 0 aliphatic carbocycles. The molecule has 0 aromatic heterocycles. The molecule has 0 saturated carbocycles. The topological polar surface area (TPSA) is 37.4 Å². The summed E-state index contributed by atoms with van der Waals surface area (Å²) in [6.07, 6.45) is 3.10. The van der Waals surface area contributed by atoms with Crippen LogP contribution in [-0.4, -0.2) is 17.7 Å². The lowest BCUT2D eigenvalue weighted by atomic mass is 10.1. The van der Waals surface area contributed by atoms with E-state index in [1.165, 1.54) is 0 Å². The number of unbranched alkanes of at least 4 members (excludes halogenated alkanes) is 1. The molecular formula is C14H17NO2. The SMILES string of the molecule is CCCCC(C)N1C(=O)C(=O)c2ccccc21. The molecule has 1 unspecified atom stereocenters. The molecule has 1 amide bonds. The van der Waals surface area contributed by atoms with Crippen LogP contribution in [0.5, 0.6) is 0 Å². The number of benzene rings is 1. The minimum Gasteiger partial charge on any atom is -0.302 e. The van der Waals surface area contributed by atoms with Gasteiger partial charge in [0.2, 0.25) is 0 Å². The second-order valence-electron chi connectivity index (χ2n) is 4.51. The van der Waals surface area contributed by atoms with Crippen LogP contribution in [0.1, 0.15) is 43.5 Å². The van der Waals surface area contributed by atoms with Crippen molar-refractivity contribution in [1.82, 2.24) is 0 Å². The fourth-order valence-electron chi connectivity index (χ4n) is 2.28. The molecule has 1 aromatic carbocycles. The Morgan fingerprint density at radius 1 is 1.24 bits per heavy atom. The summed E-state index contributed by atoms with van der Waals surface area (Å²) in [5.41, 5.74) is 1.31. The van der Waals surface area contributed by atoms with E-state index in [-0.39, 0.29) is 17.7 Å². The summed E-state index contributed by atoms with van der Waals surface area (Å²) in [4.78, 5) is 25.4. The van der Waals surface area contributed by atoms with E-state index in [0.717, 1.165) is 24.9 Å². The lowest BCUT2D eigenvalue weighted by Gasteiger charge is -2.24. The Kier molecular flexibility index (Phi) is 3.27. The number of carbonyl (C=O) groups is 2. The zero-order chi connectivity index (χ0) is 12.4. The Morgan fingerprint density at radius 3 is 2.65 bits per heavy atom. The summed E-state index contributed by atoms with van der Waals surface area (Å²) < 4.78 is 0. The third-order valence-corrected chi connectivity index (χ3v) is 3.24. The Morgan fingerprint density at radius 2 is 1.94 bits per heavy atom. The second kappa shape index (κ2) is 4.70. The van der Waals surface area contributed by atoms with E-state index < -0.39 is 0 Å². The van der Waals surface area contributed by atoms with Crippen molar-refractivity contribution in [2.24, 2.45) is 0 Å². The van der Waals surface area contributed by atoms with E-state index in [1.807, 2.05) is 19.1 Å². The average molecular weight is 231 g/mol. The van der Waals surface area contributed by atoms with Crippen LogP contribution in [0.3, 0.4) is 0 Å². The van der Waals surface area contributed by atoms with Gasteiger partial charge in [0.15, 0.2) is 0 Å². The van der Waals surface area contributed by atoms with E-state index in [4.69, 9.17) is 0 Å². The van der Waals surface area contributed by atoms with Gasteiger partial charge in [-0.2, -0.15) is 0 Å². The molecule has 0 spiro atoms. The van der Waals surface area contributed by atoms with E-state index >= 15 is 0 Å². The molecule has 0 fully saturated rings. The van der Waals surface area contributed by atoms with Crippen LogP contribution in [0.2, 0.25) is 0 Å². The molecule has 17 heavy (non-hydrogen) atoms. The fourth-order valence-corrected chi connectivity index (χ4v) is 2.28. The highest BCUT2D eigenvalue weighted by atomic mass is 16.2. The van der Waals surface area contributed by atoms with Gasteiger partial charge in [-0.05, 0) is 25.5 Å². The molecule has 2 rings (SSSR count). The number of amides is 1. The van der Waals surface area contributed by atoms with Gasteiger partial charge < -0.3 is 4.90 Å². The molecule has 0 radical (unpaired) electrons. The highest BCUT2D eigenvalue weighted by Crippen LogP contribution is 2.31. The van der Waals surface area contributed by atoms with Crippen LogP contribution >= 0.6 is 0 Å². The number of nitrogens with zero attached hydrogens (tertiary/aromatic N) is 1. The summed E-state index contributed by atoms with van der Waals surface area (Å²) in [7, 11) is 0. The minimum atomic E-state index is -0.380. The van der Waals surface area contributed by atoms with Crippen LogP contribution in [-0.2, 0) is 4.79 Å². The molecule has 1 aliphatic rings. The zero-order valence-electron chi connectivity index (χ0n) is 10.3. The van der Waals surface area contributed by atoms with Crippen molar-refractivity contribution < 1.29 is 9.59 Å². The molecule has 1 aromatic rings. The first-order valence-electron chi connectivity index (χ1n) is 6.13. The predicted molar refractivity (Wildman–Crippen MR) is 67.2 cm³/mol. The molecule has 1 heterocycles. The molecule has 3 nitrogen and oxygen atoms in total. The van der Waals surface area contributed by atoms with Crippen molar-refractivity contribution in [2.75, 3.05) is 4.90 Å². The van der Waals surface area contributed by atoms with Crippen LogP contribution in [0.15, 0.2) is 24.3 Å². The summed E-state index contributed by atoms with van der Waals surface area (Å²) in [6, 6.07) is 7.33. The quantitative estimate of drug-likeness (QED) is 0.747. The van der Waals surface area contributed by atoms with Crippen molar-refractivity contribution in [3.63, 3.8) is 0 Å². The van der Waals surface area contributed by atoms with Gasteiger partial charge >= 0.3 is 0 Å². The Labute approximate surface area is 101 Å². The van der Waals surface area contributed by atoms with E-state index in [0.29, 0.717) is 5.56 Å². The number of ketones is 1. The summed E-state index contributed by atoms with van der Waals surface area (Å²) >= 11 is 0. The second-order valence-corrected chi connectivity index (χ2v) is 4.51. The molecule has 90 valence electrons. The smallest absolute Gasteiger partial charge is 0.299 e. The Bertz CT molecular complexity index is 453. The molecule has 3 heteroatoms. The van der Waals surface area contributed by atoms with Crippen molar-refractivity contribution in [2.45, 2.75) is 39.2 Å². The van der Waals surface area contributed by atoms with E-state index in [9.17, 15) is 9.59 Å². The number of fused-ring (bicyclic) bond motifs is 1. The molecule has 0 bridgehead atoms. The number of Topliss-reactive ketones (excluding diaryl/α,β-unsaturated/α-hetero) is 1. The first-order chi connectivity index (χ1) is 8.16. The number of hydrogen-bond acceptors (Lipinski definition) is 2. The lowest BCUT2D eigenvalue weighted by molar-refractivity contribution is -0.114. The maximum atomic E-state index is 11.9. The van der Waals surface area contributed by atoms with Crippen molar-refractivity contribution in [3.05, 3.63) is 29.8 Å². The van der Waals surface area contributed by atoms with E-state index in [1.54, 1.807) is 17.0 Å². The van der Waals surface area contributed by atoms with Gasteiger partial charge in [0.05, 0.1) is 11.3 Å². The van der Waals surface area contributed by atoms with Crippen LogP contribution < -0.4 is 4.90 Å². The van der Waals surface area contributed by atoms with Gasteiger partial charge in [-0.1, -0.05) is 31.9 Å². The molecule has 0 saturated heterocycles. The fraction of sp³-hybridized carbons (Fsp3) is 0.429. The van der Waals surface area contributed by atoms with Crippen LogP contribution in [0.4, 0.5) is 5.69 Å². The van der Waals surface area contributed by atoms with Crippen molar-refractivity contribution in [3.8, 4) is 0 Å². The minimum absolute atomic E-state index is 0.0926. The van der Waals surface area contributed by atoms with Crippen molar-refractivity contribution in [1.29, 1.82) is 0 Å². The number of anilines is 1. The Hall–Kier alpha value is -1.64. The van der Waals surface area contributed by atoms with Crippen LogP contribution in [0.25, 0.3) is 0 Å². The molecule has 1 atom stereocenters. The average Bonchev–Trinajstić information content (AvgIpc) is 2.60. The standard InChI is InChI=1S/C14H17NO2/c1-3-4-7-10(2)15-12-9-6-5-8-11(12)13(16)14(15)17/h5-6,8-10H,3-4,7H2,1-2H3. The van der Waals surface area contributed by atoms with Crippen molar-refractivity contribution >= 4 is 17.4 Å². The number of hydrogen-bond donors (Lipinski definition) is 0. The molecule has 0 N–H and O–H groups in total. The maximum Gasteiger partial charge on any atom is 0.299 e. The maximum absolute atomic E-state index is 11.9. The van der Waals surface area contributed by atoms with Gasteiger partial charge in [-0.3, -0.25) is 9.59 Å². The van der Waals surface area contributed by atoms with Gasteiger partial charge in [-0.15, -0.1) is 0 Å². The van der Waals surface area contributed by atoms with Gasteiger partial charge in [0, 0.05) is 6.04 Å². The highest BCUT2D eigenvalue weighted by molar-refractivity contribution is 6.52. The largest absolute Gasteiger partial charge is 0.302 e. The number of carbonyl (C=O) groups excluding carboxylic acids is 2. The lowest BCUT2D eigenvalue weighted by Crippen LogP contribution is -2.37. The molecule has 1 aliphatic heterocycles. The van der Waals surface area contributed by atoms with Gasteiger partial charge in [0.1, 0.15) is 0 Å². The molecular weight excluding hydrogens is 214 g/mol. The predicted octanol–water partition coefficient (Wildman–Crippen LogP) is 2.79. The zero-order valence-corrected chi connectivity index (χ0v) is 10.3. The third-order valence-electron chi connectivity index (χ3n) is 3.24. The van der Waals surface area contributed by atoms with E-state index in [2.05, 4.69) is 6.92 Å². The first kappa shape index (κ1) is 11.8.